The van der Waals surface area contributed by atoms with Gasteiger partial charge in [-0.2, -0.15) is 4.31 Å². The molecule has 2 aliphatic rings. The summed E-state index contributed by atoms with van der Waals surface area (Å²) in [5, 5.41) is 0. The van der Waals surface area contributed by atoms with Crippen LogP contribution < -0.4 is 0 Å². The molecule has 1 aromatic heterocycles. The van der Waals surface area contributed by atoms with Crippen molar-refractivity contribution in [2.75, 3.05) is 38.5 Å². The van der Waals surface area contributed by atoms with E-state index in [1.807, 2.05) is 19.9 Å². The average Bonchev–Trinajstić information content (AvgIpc) is 3.33. The number of piperazine rings is 1. The van der Waals surface area contributed by atoms with Crippen molar-refractivity contribution in [1.29, 1.82) is 0 Å². The van der Waals surface area contributed by atoms with E-state index in [4.69, 9.17) is 0 Å². The van der Waals surface area contributed by atoms with Crippen LogP contribution in [0.1, 0.15) is 54.0 Å². The molecule has 0 spiro atoms. The summed E-state index contributed by atoms with van der Waals surface area (Å²) in [4.78, 5) is 14.8. The van der Waals surface area contributed by atoms with Crippen molar-refractivity contribution in [3.05, 3.63) is 23.0 Å². The molecule has 25 heavy (non-hydrogen) atoms. The van der Waals surface area contributed by atoms with Gasteiger partial charge >= 0.3 is 0 Å². The minimum atomic E-state index is -3.13. The third kappa shape index (κ3) is 3.99. The van der Waals surface area contributed by atoms with Crippen LogP contribution in [0, 0.1) is 13.8 Å². The fraction of sp³-hybridized carbons (Fsp3) is 0.722. The van der Waals surface area contributed by atoms with Crippen LogP contribution in [0.2, 0.25) is 0 Å². The number of rotatable bonds is 7. The Morgan fingerprint density at radius 3 is 2.36 bits per heavy atom. The average molecular weight is 368 g/mol. The maximum Gasteiger partial charge on any atom is 0.214 e. The number of nitrogens with zero attached hydrogens (tertiary/aromatic N) is 3. The highest BCUT2D eigenvalue weighted by Gasteiger charge is 2.30. The lowest BCUT2D eigenvalue weighted by atomic mass is 10.1. The second-order valence-corrected chi connectivity index (χ2v) is 9.39. The van der Waals surface area contributed by atoms with E-state index in [2.05, 4.69) is 16.4 Å². The first kappa shape index (κ1) is 18.6. The molecule has 0 radical (unpaired) electrons. The molecule has 0 bridgehead atoms. The van der Waals surface area contributed by atoms with Crippen LogP contribution in [0.4, 0.5) is 0 Å². The summed E-state index contributed by atoms with van der Waals surface area (Å²) in [6, 6.07) is 2.59. The third-order valence-electron chi connectivity index (χ3n) is 5.25. The molecule has 1 aromatic rings. The van der Waals surface area contributed by atoms with Crippen molar-refractivity contribution in [2.45, 2.75) is 46.1 Å². The van der Waals surface area contributed by atoms with Crippen LogP contribution in [0.5, 0.6) is 0 Å². The Morgan fingerprint density at radius 2 is 1.80 bits per heavy atom. The summed E-state index contributed by atoms with van der Waals surface area (Å²) in [5.41, 5.74) is 3.07. The fourth-order valence-electron chi connectivity index (χ4n) is 3.80. The highest BCUT2D eigenvalue weighted by Crippen LogP contribution is 2.38. The van der Waals surface area contributed by atoms with Crippen molar-refractivity contribution < 1.29 is 13.2 Å². The van der Waals surface area contributed by atoms with Crippen LogP contribution in [-0.4, -0.2) is 66.4 Å². The van der Waals surface area contributed by atoms with Crippen molar-refractivity contribution in [2.24, 2.45) is 0 Å². The topological polar surface area (TPSA) is 62.6 Å². The molecule has 140 valence electrons. The molecular weight excluding hydrogens is 338 g/mol. The molecule has 0 aromatic carbocycles. The van der Waals surface area contributed by atoms with Gasteiger partial charge in [-0.15, -0.1) is 0 Å². The zero-order valence-electron chi connectivity index (χ0n) is 15.5. The molecule has 1 aliphatic heterocycles. The van der Waals surface area contributed by atoms with E-state index in [0.717, 1.165) is 11.3 Å². The second-order valence-electron chi connectivity index (χ2n) is 7.30. The number of aryl methyl sites for hydroxylation is 1. The Morgan fingerprint density at radius 1 is 1.16 bits per heavy atom. The lowest BCUT2D eigenvalue weighted by Gasteiger charge is -2.33. The zero-order chi connectivity index (χ0) is 18.2. The second kappa shape index (κ2) is 7.21. The number of aromatic nitrogens is 1. The molecule has 2 fully saturated rings. The summed E-state index contributed by atoms with van der Waals surface area (Å²) in [5.74, 6) is 0.351. The number of carbonyl (C=O) groups excluding carboxylic acids is 1. The van der Waals surface area contributed by atoms with E-state index < -0.39 is 10.0 Å². The largest absolute Gasteiger partial charge is 0.345 e. The summed E-state index contributed by atoms with van der Waals surface area (Å²) < 4.78 is 28.1. The van der Waals surface area contributed by atoms with E-state index in [-0.39, 0.29) is 11.5 Å². The van der Waals surface area contributed by atoms with Crippen LogP contribution in [-0.2, 0) is 10.0 Å². The highest BCUT2D eigenvalue weighted by molar-refractivity contribution is 7.89. The maximum absolute atomic E-state index is 12.7. The van der Waals surface area contributed by atoms with E-state index >= 15 is 0 Å². The van der Waals surface area contributed by atoms with Gasteiger partial charge in [0.05, 0.1) is 12.3 Å². The van der Waals surface area contributed by atoms with Gasteiger partial charge in [-0.25, -0.2) is 8.42 Å². The predicted molar refractivity (Wildman–Crippen MR) is 98.6 cm³/mol. The normalized spacial score (nSPS) is 20.1. The Hall–Kier alpha value is -1.18. The van der Waals surface area contributed by atoms with Gasteiger partial charge in [0.15, 0.2) is 5.78 Å². The molecule has 1 saturated heterocycles. The molecule has 7 heteroatoms. The van der Waals surface area contributed by atoms with E-state index in [1.165, 1.54) is 18.5 Å². The van der Waals surface area contributed by atoms with Gasteiger partial charge < -0.3 is 4.57 Å². The first-order chi connectivity index (χ1) is 11.8. The molecule has 0 unspecified atom stereocenters. The fourth-order valence-corrected chi connectivity index (χ4v) is 5.29. The third-order valence-corrected chi connectivity index (χ3v) is 7.33. The number of hydrogen-bond donors (Lipinski definition) is 0. The maximum atomic E-state index is 12.7. The molecule has 1 aliphatic carbocycles. The minimum absolute atomic E-state index is 0.143. The van der Waals surface area contributed by atoms with Crippen molar-refractivity contribution >= 4 is 15.8 Å². The summed E-state index contributed by atoms with van der Waals surface area (Å²) in [6.45, 7) is 8.56. The highest BCUT2D eigenvalue weighted by atomic mass is 32.2. The molecule has 0 N–H and O–H groups in total. The van der Waals surface area contributed by atoms with Gasteiger partial charge in [0, 0.05) is 49.2 Å². The van der Waals surface area contributed by atoms with E-state index in [1.54, 1.807) is 4.31 Å². The monoisotopic (exact) mass is 367 g/mol. The SMILES string of the molecule is CCCS(=O)(=O)N1CCN(CC(=O)c2cc(C)n(C3CC3)c2C)CC1. The standard InChI is InChI=1S/C18H29N3O3S/c1-4-11-25(23,24)20-9-7-19(8-10-20)13-18(22)17-12-14(2)21(15(17)3)16-5-6-16/h12,16H,4-11,13H2,1-3H3. The summed E-state index contributed by atoms with van der Waals surface area (Å²) in [6.07, 6.45) is 3.05. The predicted octanol–water partition coefficient (Wildman–Crippen LogP) is 1.98. The van der Waals surface area contributed by atoms with Gasteiger partial charge in [-0.3, -0.25) is 9.69 Å². The first-order valence-electron chi connectivity index (χ1n) is 9.25. The number of Topliss-reactive ketones (excluding diaryl/α,β-unsaturated/α-hetero) is 1. The first-order valence-corrected chi connectivity index (χ1v) is 10.9. The molecule has 6 nitrogen and oxygen atoms in total. The summed E-state index contributed by atoms with van der Waals surface area (Å²) >= 11 is 0. The molecule has 2 heterocycles. The number of ketones is 1. The molecule has 0 atom stereocenters. The van der Waals surface area contributed by atoms with Crippen molar-refractivity contribution in [1.82, 2.24) is 13.8 Å². The van der Waals surface area contributed by atoms with Gasteiger partial charge in [0.25, 0.3) is 0 Å². The smallest absolute Gasteiger partial charge is 0.214 e. The zero-order valence-corrected chi connectivity index (χ0v) is 16.3. The van der Waals surface area contributed by atoms with Gasteiger partial charge in [-0.05, 0) is 39.2 Å². The van der Waals surface area contributed by atoms with Crippen LogP contribution in [0.3, 0.4) is 0 Å². The Labute approximate surface area is 150 Å². The lowest BCUT2D eigenvalue weighted by molar-refractivity contribution is 0.0901. The van der Waals surface area contributed by atoms with E-state index in [9.17, 15) is 13.2 Å². The van der Waals surface area contributed by atoms with Gasteiger partial charge in [0.2, 0.25) is 10.0 Å². The van der Waals surface area contributed by atoms with Crippen LogP contribution in [0.15, 0.2) is 6.07 Å². The minimum Gasteiger partial charge on any atom is -0.345 e. The molecule has 3 rings (SSSR count). The van der Waals surface area contributed by atoms with Gasteiger partial charge in [0.1, 0.15) is 0 Å². The molecule has 1 saturated carbocycles. The van der Waals surface area contributed by atoms with E-state index in [0.29, 0.717) is 45.2 Å². The number of sulfonamides is 1. The Balaban J connectivity index is 1.59. The quantitative estimate of drug-likeness (QED) is 0.692. The Kier molecular flexibility index (Phi) is 5.37. The van der Waals surface area contributed by atoms with Crippen LogP contribution in [0.25, 0.3) is 0 Å². The van der Waals surface area contributed by atoms with Gasteiger partial charge in [-0.1, -0.05) is 6.92 Å². The number of hydrogen-bond acceptors (Lipinski definition) is 4. The van der Waals surface area contributed by atoms with Crippen molar-refractivity contribution in [3.63, 3.8) is 0 Å². The molecular formula is C18H29N3O3S. The Bertz CT molecular complexity index is 742. The number of carbonyl (C=O) groups is 1. The van der Waals surface area contributed by atoms with Crippen molar-refractivity contribution in [3.8, 4) is 0 Å². The summed E-state index contributed by atoms with van der Waals surface area (Å²) in [7, 11) is -3.13. The molecule has 0 amide bonds. The van der Waals surface area contributed by atoms with Crippen LogP contribution >= 0.6 is 0 Å². The lowest BCUT2D eigenvalue weighted by Crippen LogP contribution is -2.50.